The average molecular weight is 270 g/mol. The summed E-state index contributed by atoms with van der Waals surface area (Å²) in [7, 11) is 0. The molecule has 110 valence electrons. The van der Waals surface area contributed by atoms with Crippen molar-refractivity contribution in [3.63, 3.8) is 0 Å². The molecule has 1 saturated heterocycles. The van der Waals surface area contributed by atoms with Crippen LogP contribution in [-0.4, -0.2) is 61.0 Å². The number of rotatable bonds is 7. The number of piperidine rings is 1. The molecule has 1 fully saturated rings. The van der Waals surface area contributed by atoms with Crippen molar-refractivity contribution in [1.82, 2.24) is 9.80 Å². The molecule has 1 aliphatic rings. The van der Waals surface area contributed by atoms with Crippen molar-refractivity contribution in [2.75, 3.05) is 39.3 Å². The fraction of sp³-hybridized carbons (Fsp3) is 0.857. The van der Waals surface area contributed by atoms with Crippen molar-refractivity contribution in [1.29, 1.82) is 0 Å². The molecule has 0 atom stereocenters. The summed E-state index contributed by atoms with van der Waals surface area (Å²) in [5.74, 6) is -0.111. The molecule has 0 N–H and O–H groups in total. The summed E-state index contributed by atoms with van der Waals surface area (Å²) in [4.78, 5) is 27.4. The van der Waals surface area contributed by atoms with E-state index in [4.69, 9.17) is 4.74 Å². The zero-order valence-electron chi connectivity index (χ0n) is 12.2. The van der Waals surface area contributed by atoms with E-state index < -0.39 is 0 Å². The van der Waals surface area contributed by atoms with E-state index in [1.165, 1.54) is 6.42 Å². The Kier molecular flexibility index (Phi) is 7.48. The molecule has 0 aliphatic carbocycles. The molecule has 0 spiro atoms. The van der Waals surface area contributed by atoms with Crippen molar-refractivity contribution >= 4 is 11.9 Å². The quantitative estimate of drug-likeness (QED) is 0.654. The van der Waals surface area contributed by atoms with E-state index in [-0.39, 0.29) is 18.4 Å². The summed E-state index contributed by atoms with van der Waals surface area (Å²) < 4.78 is 4.94. The van der Waals surface area contributed by atoms with Crippen LogP contribution in [0.3, 0.4) is 0 Å². The topological polar surface area (TPSA) is 49.9 Å². The highest BCUT2D eigenvalue weighted by Crippen LogP contribution is 2.09. The molecule has 19 heavy (non-hydrogen) atoms. The number of amides is 1. The average Bonchev–Trinajstić information content (AvgIpc) is 2.40. The van der Waals surface area contributed by atoms with Gasteiger partial charge in [0.15, 0.2) is 0 Å². The van der Waals surface area contributed by atoms with E-state index in [9.17, 15) is 9.59 Å². The normalized spacial score (nSPS) is 15.6. The fourth-order valence-corrected chi connectivity index (χ4v) is 2.35. The molecule has 5 heteroatoms. The maximum absolute atomic E-state index is 12.2. The second-order valence-corrected chi connectivity index (χ2v) is 4.96. The SMILES string of the molecule is CCCN(CC(=O)OCC)CC(=O)N1CCCCC1. The lowest BCUT2D eigenvalue weighted by Crippen LogP contribution is -2.44. The van der Waals surface area contributed by atoms with Gasteiger partial charge in [0.1, 0.15) is 0 Å². The highest BCUT2D eigenvalue weighted by Gasteiger charge is 2.20. The summed E-state index contributed by atoms with van der Waals surface area (Å²) in [5, 5.41) is 0. The number of hydrogen-bond acceptors (Lipinski definition) is 4. The van der Waals surface area contributed by atoms with E-state index in [1.54, 1.807) is 6.92 Å². The van der Waals surface area contributed by atoms with Gasteiger partial charge in [-0.25, -0.2) is 0 Å². The zero-order valence-corrected chi connectivity index (χ0v) is 12.2. The van der Waals surface area contributed by atoms with Crippen LogP contribution in [0.15, 0.2) is 0 Å². The molecule has 1 heterocycles. The fourth-order valence-electron chi connectivity index (χ4n) is 2.35. The molecule has 0 aromatic rings. The van der Waals surface area contributed by atoms with Crippen LogP contribution < -0.4 is 0 Å². The number of carbonyl (C=O) groups is 2. The number of nitrogens with zero attached hydrogens (tertiary/aromatic N) is 2. The minimum atomic E-state index is -0.248. The number of likely N-dealkylation sites (tertiary alicyclic amines) is 1. The van der Waals surface area contributed by atoms with Gasteiger partial charge in [0.2, 0.25) is 5.91 Å². The summed E-state index contributed by atoms with van der Waals surface area (Å²) >= 11 is 0. The monoisotopic (exact) mass is 270 g/mol. The highest BCUT2D eigenvalue weighted by atomic mass is 16.5. The lowest BCUT2D eigenvalue weighted by atomic mass is 10.1. The van der Waals surface area contributed by atoms with Gasteiger partial charge in [-0.3, -0.25) is 14.5 Å². The molecular weight excluding hydrogens is 244 g/mol. The van der Waals surface area contributed by atoms with Crippen molar-refractivity contribution in [2.24, 2.45) is 0 Å². The second kappa shape index (κ2) is 8.91. The third kappa shape index (κ3) is 6.05. The van der Waals surface area contributed by atoms with Gasteiger partial charge >= 0.3 is 5.97 Å². The van der Waals surface area contributed by atoms with Crippen molar-refractivity contribution < 1.29 is 14.3 Å². The smallest absolute Gasteiger partial charge is 0.320 e. The van der Waals surface area contributed by atoms with Gasteiger partial charge in [0, 0.05) is 13.1 Å². The van der Waals surface area contributed by atoms with Crippen molar-refractivity contribution in [2.45, 2.75) is 39.5 Å². The lowest BCUT2D eigenvalue weighted by molar-refractivity contribution is -0.145. The van der Waals surface area contributed by atoms with E-state index >= 15 is 0 Å². The molecule has 5 nitrogen and oxygen atoms in total. The van der Waals surface area contributed by atoms with Gasteiger partial charge in [-0.15, -0.1) is 0 Å². The predicted molar refractivity (Wildman–Crippen MR) is 73.8 cm³/mol. The Morgan fingerprint density at radius 1 is 1.11 bits per heavy atom. The van der Waals surface area contributed by atoms with Gasteiger partial charge in [-0.1, -0.05) is 6.92 Å². The van der Waals surface area contributed by atoms with Gasteiger partial charge in [-0.05, 0) is 39.2 Å². The Hall–Kier alpha value is -1.10. The molecule has 0 aromatic heterocycles. The Bertz CT molecular complexity index is 288. The van der Waals surface area contributed by atoms with Gasteiger partial charge in [0.05, 0.1) is 19.7 Å². The zero-order chi connectivity index (χ0) is 14.1. The first-order chi connectivity index (χ1) is 9.17. The van der Waals surface area contributed by atoms with Crippen LogP contribution in [0.2, 0.25) is 0 Å². The van der Waals surface area contributed by atoms with E-state index in [2.05, 4.69) is 0 Å². The maximum atomic E-state index is 12.2. The van der Waals surface area contributed by atoms with Crippen molar-refractivity contribution in [3.8, 4) is 0 Å². The van der Waals surface area contributed by atoms with E-state index in [1.807, 2.05) is 16.7 Å². The van der Waals surface area contributed by atoms with Gasteiger partial charge in [-0.2, -0.15) is 0 Å². The summed E-state index contributed by atoms with van der Waals surface area (Å²) in [6.45, 7) is 7.23. The van der Waals surface area contributed by atoms with E-state index in [0.717, 1.165) is 38.9 Å². The Labute approximate surface area is 115 Å². The Balaban J connectivity index is 2.42. The van der Waals surface area contributed by atoms with Gasteiger partial charge in [0.25, 0.3) is 0 Å². The Morgan fingerprint density at radius 2 is 1.79 bits per heavy atom. The molecular formula is C14H26N2O3. The molecule has 0 unspecified atom stereocenters. The van der Waals surface area contributed by atoms with E-state index in [0.29, 0.717) is 13.2 Å². The first-order valence-electron chi connectivity index (χ1n) is 7.33. The first kappa shape index (κ1) is 16.0. The third-order valence-corrected chi connectivity index (χ3v) is 3.27. The third-order valence-electron chi connectivity index (χ3n) is 3.27. The predicted octanol–water partition coefficient (Wildman–Crippen LogP) is 1.27. The number of ether oxygens (including phenoxy) is 1. The molecule has 0 radical (unpaired) electrons. The van der Waals surface area contributed by atoms with Gasteiger partial charge < -0.3 is 9.64 Å². The van der Waals surface area contributed by atoms with Crippen LogP contribution in [0.4, 0.5) is 0 Å². The van der Waals surface area contributed by atoms with Crippen LogP contribution in [0.25, 0.3) is 0 Å². The molecule has 0 aromatic carbocycles. The number of carbonyl (C=O) groups excluding carboxylic acids is 2. The molecule has 1 rings (SSSR count). The summed E-state index contributed by atoms with van der Waals surface area (Å²) in [6, 6.07) is 0. The molecule has 1 aliphatic heterocycles. The standard InChI is InChI=1S/C14H26N2O3/c1-3-8-15(12-14(18)19-4-2)11-13(17)16-9-6-5-7-10-16/h3-12H2,1-2H3. The Morgan fingerprint density at radius 3 is 2.37 bits per heavy atom. The molecule has 0 bridgehead atoms. The number of hydrogen-bond donors (Lipinski definition) is 0. The second-order valence-electron chi connectivity index (χ2n) is 4.96. The molecule has 1 amide bonds. The van der Waals surface area contributed by atoms with Crippen LogP contribution in [0.5, 0.6) is 0 Å². The minimum Gasteiger partial charge on any atom is -0.465 e. The first-order valence-corrected chi connectivity index (χ1v) is 7.33. The lowest BCUT2D eigenvalue weighted by Gasteiger charge is -2.29. The van der Waals surface area contributed by atoms with Crippen LogP contribution >= 0.6 is 0 Å². The van der Waals surface area contributed by atoms with Crippen LogP contribution in [0, 0.1) is 0 Å². The van der Waals surface area contributed by atoms with Crippen molar-refractivity contribution in [3.05, 3.63) is 0 Å². The van der Waals surface area contributed by atoms with Crippen LogP contribution in [0.1, 0.15) is 39.5 Å². The maximum Gasteiger partial charge on any atom is 0.320 e. The number of esters is 1. The largest absolute Gasteiger partial charge is 0.465 e. The van der Waals surface area contributed by atoms with Crippen LogP contribution in [-0.2, 0) is 14.3 Å². The summed E-state index contributed by atoms with van der Waals surface area (Å²) in [5.41, 5.74) is 0. The summed E-state index contributed by atoms with van der Waals surface area (Å²) in [6.07, 6.45) is 4.33. The molecule has 0 saturated carbocycles. The minimum absolute atomic E-state index is 0.137. The highest BCUT2D eigenvalue weighted by molar-refractivity contribution is 5.79.